The van der Waals surface area contributed by atoms with E-state index in [0.29, 0.717) is 0 Å². The Kier molecular flexibility index (Phi) is 1.15. The Balaban J connectivity index is 4.44. The molecular weight excluding hydrogens is 112 g/mol. The Morgan fingerprint density at radius 3 is 3.00 bits per heavy atom. The van der Waals surface area contributed by atoms with Crippen molar-refractivity contribution >= 4 is 11.9 Å². The predicted molar refractivity (Wildman–Crippen MR) is 24.3 cm³/mol. The van der Waals surface area contributed by atoms with Crippen LogP contribution in [0.4, 0.5) is 0 Å². The molecule has 0 bridgehead atoms. The molecule has 0 radical (unpaired) electrons. The summed E-state index contributed by atoms with van der Waals surface area (Å²) in [5.41, 5.74) is 0. The molecule has 0 aliphatic carbocycles. The minimum absolute atomic E-state index is 0.928. The molecule has 0 aliphatic heterocycles. The predicted octanol–water partition coefficient (Wildman–Crippen LogP) is -0.366. The summed E-state index contributed by atoms with van der Waals surface area (Å²) in [5, 5.41) is 3.27. The third-order valence-corrected chi connectivity index (χ3v) is 0.390. The highest BCUT2D eigenvalue weighted by Gasteiger charge is 2.04. The number of aliphatic carboxylic acids is 1. The van der Waals surface area contributed by atoms with Gasteiger partial charge >= 0.3 is 11.9 Å². The average molecular weight is 121 g/mol. The SMILES string of the molecule is [2H]OC(=O)C([2H])([2H])C(=O)OC. The molecule has 0 unspecified atom stereocenters. The first-order chi connectivity index (χ1) is 4.96. The molecule has 46 valence electrons. The highest BCUT2D eigenvalue weighted by Crippen LogP contribution is 1.80. The van der Waals surface area contributed by atoms with Crippen molar-refractivity contribution in [2.75, 3.05) is 7.11 Å². The lowest BCUT2D eigenvalue weighted by atomic mass is 10.4. The molecule has 0 aromatic carbocycles. The quantitative estimate of drug-likeness (QED) is 0.400. The van der Waals surface area contributed by atoms with E-state index in [1.165, 1.54) is 0 Å². The van der Waals surface area contributed by atoms with Crippen LogP contribution >= 0.6 is 0 Å². The van der Waals surface area contributed by atoms with E-state index in [1.807, 2.05) is 0 Å². The van der Waals surface area contributed by atoms with E-state index in [-0.39, 0.29) is 0 Å². The largest absolute Gasteiger partial charge is 0.481 e. The van der Waals surface area contributed by atoms with Crippen molar-refractivity contribution in [2.24, 2.45) is 0 Å². The van der Waals surface area contributed by atoms with Gasteiger partial charge in [0.2, 0.25) is 0 Å². The van der Waals surface area contributed by atoms with Crippen LogP contribution in [0, 0.1) is 0 Å². The fourth-order valence-corrected chi connectivity index (χ4v) is 0.134. The van der Waals surface area contributed by atoms with Crippen LogP contribution in [0.25, 0.3) is 1.43 Å². The Morgan fingerprint density at radius 1 is 2.00 bits per heavy atom. The molecule has 0 fully saturated rings. The molecule has 0 saturated heterocycles. The van der Waals surface area contributed by atoms with Crippen LogP contribution in [0.3, 0.4) is 0 Å². The van der Waals surface area contributed by atoms with E-state index in [0.717, 1.165) is 7.11 Å². The maximum Gasteiger partial charge on any atom is 0.316 e. The van der Waals surface area contributed by atoms with Gasteiger partial charge in [0.15, 0.2) is 0 Å². The van der Waals surface area contributed by atoms with Crippen molar-refractivity contribution < 1.29 is 22.2 Å². The number of hydrogen-bond acceptors (Lipinski definition) is 4. The number of hydrogen-bond donors (Lipinski definition) is 1. The number of rotatable bonds is 2. The minimum atomic E-state index is -2.89. The molecule has 0 atom stereocenters. The van der Waals surface area contributed by atoms with Crippen molar-refractivity contribution in [3.05, 3.63) is 0 Å². The van der Waals surface area contributed by atoms with Gasteiger partial charge in [0, 0.05) is 0 Å². The summed E-state index contributed by atoms with van der Waals surface area (Å²) < 4.78 is 23.4. The summed E-state index contributed by atoms with van der Waals surface area (Å²) in [7, 11) is 0.928. The maximum atomic E-state index is 10.5. The summed E-state index contributed by atoms with van der Waals surface area (Å²) in [6, 6.07) is 0. The van der Waals surface area contributed by atoms with E-state index in [9.17, 15) is 9.59 Å². The number of ether oxygens (including phenoxy) is 1. The zero-order chi connectivity index (χ0) is 9.07. The van der Waals surface area contributed by atoms with Crippen LogP contribution in [0.5, 0.6) is 0 Å². The number of carbonyl (C=O) groups excluding carboxylic acids is 1. The Morgan fingerprint density at radius 2 is 2.62 bits per heavy atom. The standard InChI is InChI=1S/C4H6O4/c1-8-4(7)2-3(5)6/h2H2,1H3,(H,5,6)/i2D2/hD. The van der Waals surface area contributed by atoms with E-state index >= 15 is 0 Å². The Hall–Kier alpha value is -1.06. The number of carboxylic acids is 1. The van der Waals surface area contributed by atoms with Gasteiger partial charge in [0.25, 0.3) is 1.43 Å². The minimum Gasteiger partial charge on any atom is -0.481 e. The number of carboxylic acid groups (broad SMARTS) is 1. The topological polar surface area (TPSA) is 63.6 Å². The molecule has 0 saturated carbocycles. The maximum absolute atomic E-state index is 10.5. The van der Waals surface area contributed by atoms with Gasteiger partial charge in [0.1, 0.15) is 6.37 Å². The second-order valence-electron chi connectivity index (χ2n) is 0.904. The summed E-state index contributed by atoms with van der Waals surface area (Å²) in [6.07, 6.45) is -2.89. The van der Waals surface area contributed by atoms with Crippen LogP contribution in [0.2, 0.25) is 0 Å². The van der Waals surface area contributed by atoms with Crippen LogP contribution in [0.1, 0.15) is 9.11 Å². The number of esters is 1. The number of carbonyl (C=O) groups is 2. The van der Waals surface area contributed by atoms with Gasteiger partial charge in [-0.1, -0.05) is 0 Å². The van der Waals surface area contributed by atoms with Crippen molar-refractivity contribution in [1.29, 1.82) is 1.43 Å². The fraction of sp³-hybridized carbons (Fsp3) is 0.500. The molecule has 0 aliphatic rings. The smallest absolute Gasteiger partial charge is 0.316 e. The number of methoxy groups -OCH3 is 1. The molecule has 0 amide bonds. The van der Waals surface area contributed by atoms with Crippen molar-refractivity contribution in [1.82, 2.24) is 0 Å². The molecule has 4 heteroatoms. The van der Waals surface area contributed by atoms with Crippen molar-refractivity contribution in [3.8, 4) is 0 Å². The summed E-state index contributed by atoms with van der Waals surface area (Å²) in [5.74, 6) is -2.97. The first kappa shape index (κ1) is 3.06. The van der Waals surface area contributed by atoms with E-state index in [1.54, 1.807) is 0 Å². The molecule has 0 aromatic rings. The Bertz CT molecular complexity index is 160. The zero-order valence-corrected chi connectivity index (χ0v) is 4.13. The van der Waals surface area contributed by atoms with Crippen LogP contribution in [0.15, 0.2) is 0 Å². The molecule has 0 spiro atoms. The van der Waals surface area contributed by atoms with Gasteiger partial charge in [-0.05, 0) is 0 Å². The van der Waals surface area contributed by atoms with Crippen LogP contribution in [-0.4, -0.2) is 24.2 Å². The third kappa shape index (κ3) is 3.14. The fourth-order valence-electron chi connectivity index (χ4n) is 0.134. The van der Waals surface area contributed by atoms with Gasteiger partial charge in [-0.3, -0.25) is 9.59 Å². The molecular formula is C4H6O4. The van der Waals surface area contributed by atoms with Gasteiger partial charge < -0.3 is 9.85 Å². The summed E-state index contributed by atoms with van der Waals surface area (Å²) in [4.78, 5) is 20.8. The van der Waals surface area contributed by atoms with E-state index in [4.69, 9.17) is 4.17 Å². The molecule has 0 heterocycles. The van der Waals surface area contributed by atoms with Gasteiger partial charge in [-0.25, -0.2) is 0 Å². The van der Waals surface area contributed by atoms with Gasteiger partial charge in [0.05, 0.1) is 9.85 Å². The zero-order valence-electron chi connectivity index (χ0n) is 7.13. The molecule has 8 heavy (non-hydrogen) atoms. The lowest BCUT2D eigenvalue weighted by molar-refractivity contribution is -0.149. The normalized spacial score (nSPS) is 14.9. The first-order valence-electron chi connectivity index (χ1n) is 3.13. The summed E-state index contributed by atoms with van der Waals surface area (Å²) in [6.45, 7) is 0. The highest BCUT2D eigenvalue weighted by atomic mass is 16.5. The Labute approximate surface area is 50.4 Å². The molecule has 4 nitrogen and oxygen atoms in total. The summed E-state index contributed by atoms with van der Waals surface area (Å²) >= 11 is 0. The van der Waals surface area contributed by atoms with Gasteiger partial charge in [-0.15, -0.1) is 0 Å². The first-order valence-corrected chi connectivity index (χ1v) is 1.72. The average Bonchev–Trinajstić information content (AvgIpc) is 2.01. The lowest BCUT2D eigenvalue weighted by Crippen LogP contribution is -2.07. The van der Waals surface area contributed by atoms with Crippen LogP contribution < -0.4 is 0 Å². The second-order valence-corrected chi connectivity index (χ2v) is 0.904. The van der Waals surface area contributed by atoms with E-state index < -0.39 is 18.3 Å². The lowest BCUT2D eigenvalue weighted by Gasteiger charge is -1.90. The second kappa shape index (κ2) is 3.01. The van der Waals surface area contributed by atoms with Gasteiger partial charge in [-0.2, -0.15) is 0 Å². The molecule has 0 aromatic heterocycles. The van der Waals surface area contributed by atoms with Crippen molar-refractivity contribution in [2.45, 2.75) is 6.37 Å². The van der Waals surface area contributed by atoms with Crippen LogP contribution in [-0.2, 0) is 14.3 Å². The molecule has 0 rings (SSSR count). The van der Waals surface area contributed by atoms with E-state index in [2.05, 4.69) is 9.85 Å². The third-order valence-electron chi connectivity index (χ3n) is 0.390. The monoisotopic (exact) mass is 121 g/mol. The van der Waals surface area contributed by atoms with Crippen molar-refractivity contribution in [3.63, 3.8) is 0 Å². The highest BCUT2D eigenvalue weighted by molar-refractivity contribution is 5.89. The molecule has 1 N–H and O–H groups in total.